The number of hydrogen-bond donors (Lipinski definition) is 1. The molecule has 1 fully saturated rings. The number of rotatable bonds is 3. The van der Waals surface area contributed by atoms with Gasteiger partial charge in [-0.3, -0.25) is 0 Å². The van der Waals surface area contributed by atoms with Gasteiger partial charge in [-0.1, -0.05) is 12.7 Å². The van der Waals surface area contributed by atoms with E-state index in [4.69, 9.17) is 9.84 Å². The van der Waals surface area contributed by atoms with Gasteiger partial charge in [-0.15, -0.1) is 0 Å². The number of hydrogen-bond acceptors (Lipinski definition) is 3. The molecule has 74 valence electrons. The lowest BCUT2D eigenvalue weighted by Crippen LogP contribution is -2.29. The molecule has 0 radical (unpaired) electrons. The fourth-order valence-electron chi connectivity index (χ4n) is 1.37. The molecule has 0 aromatic rings. The van der Waals surface area contributed by atoms with Crippen LogP contribution in [-0.2, 0) is 4.74 Å². The molecule has 0 aromatic carbocycles. The van der Waals surface area contributed by atoms with Gasteiger partial charge in [0.25, 0.3) is 0 Å². The number of aliphatic hydroxyl groups excluding tert-OH is 1. The van der Waals surface area contributed by atoms with E-state index < -0.39 is 0 Å². The quantitative estimate of drug-likeness (QED) is 0.656. The molecule has 1 aliphatic rings. The van der Waals surface area contributed by atoms with Crippen molar-refractivity contribution in [2.75, 3.05) is 26.3 Å². The first-order valence-electron chi connectivity index (χ1n) is 4.41. The van der Waals surface area contributed by atoms with Gasteiger partial charge in [-0.05, 0) is 6.42 Å². The van der Waals surface area contributed by atoms with E-state index in [2.05, 4.69) is 6.58 Å². The van der Waals surface area contributed by atoms with Crippen LogP contribution in [-0.4, -0.2) is 42.4 Å². The van der Waals surface area contributed by atoms with E-state index in [-0.39, 0.29) is 25.2 Å². The van der Waals surface area contributed by atoms with Gasteiger partial charge in [0.05, 0.1) is 0 Å². The molecule has 1 heterocycles. The van der Waals surface area contributed by atoms with Gasteiger partial charge in [0.1, 0.15) is 6.61 Å². The van der Waals surface area contributed by atoms with Crippen molar-refractivity contribution in [3.05, 3.63) is 12.7 Å². The Morgan fingerprint density at radius 1 is 1.77 bits per heavy atom. The highest BCUT2D eigenvalue weighted by Crippen LogP contribution is 2.15. The summed E-state index contributed by atoms with van der Waals surface area (Å²) in [6, 6.07) is 0. The second-order valence-corrected chi connectivity index (χ2v) is 3.15. The van der Waals surface area contributed by atoms with Crippen LogP contribution in [0.4, 0.5) is 4.79 Å². The molecule has 1 rings (SSSR count). The minimum atomic E-state index is -0.309. The molecular formula is C9H15NO3. The van der Waals surface area contributed by atoms with Gasteiger partial charge in [0.15, 0.2) is 0 Å². The van der Waals surface area contributed by atoms with E-state index in [9.17, 15) is 4.79 Å². The Hall–Kier alpha value is -1.03. The SMILES string of the molecule is C=CCOC(=O)N1CC[C@H](CO)C1. The monoisotopic (exact) mass is 185 g/mol. The van der Waals surface area contributed by atoms with Crippen LogP contribution in [0, 0.1) is 5.92 Å². The molecule has 1 saturated heterocycles. The van der Waals surface area contributed by atoms with Crippen molar-refractivity contribution in [2.24, 2.45) is 5.92 Å². The molecule has 0 unspecified atom stereocenters. The highest BCUT2D eigenvalue weighted by atomic mass is 16.6. The van der Waals surface area contributed by atoms with Crippen molar-refractivity contribution in [3.8, 4) is 0 Å². The lowest BCUT2D eigenvalue weighted by atomic mass is 10.1. The standard InChI is InChI=1S/C9H15NO3/c1-2-5-13-9(12)10-4-3-8(6-10)7-11/h2,8,11H,1,3-7H2/t8-/m0/s1. The number of carbonyl (C=O) groups is 1. The zero-order valence-electron chi connectivity index (χ0n) is 7.61. The smallest absolute Gasteiger partial charge is 0.410 e. The average Bonchev–Trinajstić information content (AvgIpc) is 2.62. The fourth-order valence-corrected chi connectivity index (χ4v) is 1.37. The van der Waals surface area contributed by atoms with Crippen LogP contribution in [0.3, 0.4) is 0 Å². The molecular weight excluding hydrogens is 170 g/mol. The summed E-state index contributed by atoms with van der Waals surface area (Å²) in [6.07, 6.45) is 2.09. The van der Waals surface area contributed by atoms with E-state index in [1.165, 1.54) is 6.08 Å². The van der Waals surface area contributed by atoms with Gasteiger partial charge in [0.2, 0.25) is 0 Å². The first kappa shape index (κ1) is 10.1. The predicted molar refractivity (Wildman–Crippen MR) is 48.3 cm³/mol. The molecule has 1 amide bonds. The summed E-state index contributed by atoms with van der Waals surface area (Å²) < 4.78 is 4.86. The molecule has 13 heavy (non-hydrogen) atoms. The number of amides is 1. The van der Waals surface area contributed by atoms with Crippen LogP contribution >= 0.6 is 0 Å². The van der Waals surface area contributed by atoms with Gasteiger partial charge < -0.3 is 14.7 Å². The lowest BCUT2D eigenvalue weighted by Gasteiger charge is -2.14. The molecule has 1 aliphatic heterocycles. The van der Waals surface area contributed by atoms with Crippen LogP contribution in [0.5, 0.6) is 0 Å². The van der Waals surface area contributed by atoms with Crippen molar-refractivity contribution in [1.29, 1.82) is 0 Å². The summed E-state index contributed by atoms with van der Waals surface area (Å²) in [4.78, 5) is 12.9. The van der Waals surface area contributed by atoms with Gasteiger partial charge >= 0.3 is 6.09 Å². The number of likely N-dealkylation sites (tertiary alicyclic amines) is 1. The highest BCUT2D eigenvalue weighted by molar-refractivity contribution is 5.68. The number of ether oxygens (including phenoxy) is 1. The first-order chi connectivity index (χ1) is 6.27. The largest absolute Gasteiger partial charge is 0.445 e. The Morgan fingerprint density at radius 3 is 3.08 bits per heavy atom. The molecule has 0 aromatic heterocycles. The maximum absolute atomic E-state index is 11.2. The number of nitrogens with zero attached hydrogens (tertiary/aromatic N) is 1. The summed E-state index contributed by atoms with van der Waals surface area (Å²) in [5, 5.41) is 8.85. The highest BCUT2D eigenvalue weighted by Gasteiger charge is 2.26. The van der Waals surface area contributed by atoms with Crippen molar-refractivity contribution < 1.29 is 14.6 Å². The fraction of sp³-hybridized carbons (Fsp3) is 0.667. The summed E-state index contributed by atoms with van der Waals surface area (Å²) in [5.41, 5.74) is 0. The van der Waals surface area contributed by atoms with E-state index in [0.717, 1.165) is 6.42 Å². The maximum atomic E-state index is 11.2. The minimum absolute atomic E-state index is 0.144. The number of carbonyl (C=O) groups excluding carboxylic acids is 1. The second-order valence-electron chi connectivity index (χ2n) is 3.15. The van der Waals surface area contributed by atoms with Crippen molar-refractivity contribution >= 4 is 6.09 Å². The van der Waals surface area contributed by atoms with Crippen LogP contribution in [0.1, 0.15) is 6.42 Å². The molecule has 1 N–H and O–H groups in total. The average molecular weight is 185 g/mol. The van der Waals surface area contributed by atoms with E-state index in [0.29, 0.717) is 13.1 Å². The summed E-state index contributed by atoms with van der Waals surface area (Å²) >= 11 is 0. The second kappa shape index (κ2) is 4.87. The van der Waals surface area contributed by atoms with Gasteiger partial charge in [-0.2, -0.15) is 0 Å². The molecule has 0 spiro atoms. The Bertz CT molecular complexity index is 193. The van der Waals surface area contributed by atoms with Crippen molar-refractivity contribution in [1.82, 2.24) is 4.90 Å². The third kappa shape index (κ3) is 2.73. The van der Waals surface area contributed by atoms with Crippen LogP contribution in [0.15, 0.2) is 12.7 Å². The Morgan fingerprint density at radius 2 is 2.54 bits per heavy atom. The first-order valence-corrected chi connectivity index (χ1v) is 4.41. The Kier molecular flexibility index (Phi) is 3.76. The number of aliphatic hydroxyl groups is 1. The lowest BCUT2D eigenvalue weighted by molar-refractivity contribution is 0.118. The molecule has 0 saturated carbocycles. The van der Waals surface area contributed by atoms with Gasteiger partial charge in [-0.25, -0.2) is 4.79 Å². The zero-order valence-corrected chi connectivity index (χ0v) is 7.61. The zero-order chi connectivity index (χ0) is 9.68. The van der Waals surface area contributed by atoms with E-state index >= 15 is 0 Å². The van der Waals surface area contributed by atoms with Crippen LogP contribution in [0.25, 0.3) is 0 Å². The van der Waals surface area contributed by atoms with Crippen molar-refractivity contribution in [3.63, 3.8) is 0 Å². The Labute approximate surface area is 77.8 Å². The molecule has 1 atom stereocenters. The third-order valence-electron chi connectivity index (χ3n) is 2.13. The van der Waals surface area contributed by atoms with Gasteiger partial charge in [0, 0.05) is 25.6 Å². The Balaban J connectivity index is 2.28. The summed E-state index contributed by atoms with van der Waals surface area (Å²) in [5.74, 6) is 0.219. The summed E-state index contributed by atoms with van der Waals surface area (Å²) in [6.45, 7) is 5.13. The molecule has 0 bridgehead atoms. The van der Waals surface area contributed by atoms with E-state index in [1.807, 2.05) is 0 Å². The van der Waals surface area contributed by atoms with E-state index in [1.54, 1.807) is 4.90 Å². The molecule has 0 aliphatic carbocycles. The van der Waals surface area contributed by atoms with Crippen LogP contribution < -0.4 is 0 Å². The molecule has 4 heteroatoms. The van der Waals surface area contributed by atoms with Crippen LogP contribution in [0.2, 0.25) is 0 Å². The normalized spacial score (nSPS) is 21.6. The summed E-state index contributed by atoms with van der Waals surface area (Å²) in [7, 11) is 0. The predicted octanol–water partition coefficient (Wildman–Crippen LogP) is 0.623. The topological polar surface area (TPSA) is 49.8 Å². The van der Waals surface area contributed by atoms with Crippen molar-refractivity contribution in [2.45, 2.75) is 6.42 Å². The third-order valence-corrected chi connectivity index (χ3v) is 2.13. The molecule has 4 nitrogen and oxygen atoms in total. The minimum Gasteiger partial charge on any atom is -0.445 e. The maximum Gasteiger partial charge on any atom is 0.410 e.